The minimum Gasteiger partial charge on any atom is -0.357 e. The van der Waals surface area contributed by atoms with Gasteiger partial charge in [0.15, 0.2) is 0 Å². The highest BCUT2D eigenvalue weighted by Gasteiger charge is 2.13. The summed E-state index contributed by atoms with van der Waals surface area (Å²) in [6.07, 6.45) is 7.32. The number of hydrogen-bond acceptors (Lipinski definition) is 3. The van der Waals surface area contributed by atoms with Crippen LogP contribution in [0.2, 0.25) is 10.0 Å². The summed E-state index contributed by atoms with van der Waals surface area (Å²) in [7, 11) is 0. The van der Waals surface area contributed by atoms with E-state index in [0.717, 1.165) is 24.5 Å². The second kappa shape index (κ2) is 8.37. The van der Waals surface area contributed by atoms with Crippen LogP contribution in [0.5, 0.6) is 0 Å². The lowest BCUT2D eigenvalue weighted by atomic mass is 10.2. The minimum atomic E-state index is -0.185. The molecule has 2 heterocycles. The summed E-state index contributed by atoms with van der Waals surface area (Å²) in [5.41, 5.74) is 1.74. The number of nitrogens with zero attached hydrogens (tertiary/aromatic N) is 2. The molecule has 1 aromatic carbocycles. The maximum atomic E-state index is 12.0. The van der Waals surface area contributed by atoms with Crippen LogP contribution < -0.4 is 10.2 Å². The normalized spacial score (nSPS) is 14.2. The molecule has 130 valence electrons. The molecule has 6 heteroatoms. The SMILES string of the molecule is O=C(C=Cc1cc(Cl)ccc1Cl)NCc1ccnc(N2CCCC2)c1. The van der Waals surface area contributed by atoms with Crippen molar-refractivity contribution < 1.29 is 4.79 Å². The maximum Gasteiger partial charge on any atom is 0.244 e. The molecular formula is C19H19Cl2N3O. The molecule has 0 aliphatic carbocycles. The number of rotatable bonds is 5. The highest BCUT2D eigenvalue weighted by molar-refractivity contribution is 6.34. The van der Waals surface area contributed by atoms with Crippen LogP contribution in [-0.2, 0) is 11.3 Å². The lowest BCUT2D eigenvalue weighted by Gasteiger charge is -2.16. The van der Waals surface area contributed by atoms with Gasteiger partial charge >= 0.3 is 0 Å². The Bertz CT molecular complexity index is 786. The van der Waals surface area contributed by atoms with Gasteiger partial charge in [-0.2, -0.15) is 0 Å². The standard InChI is InChI=1S/C19H19Cl2N3O/c20-16-4-5-17(21)15(12-16)3-6-19(25)23-13-14-7-8-22-18(11-14)24-9-1-2-10-24/h3-8,11-12H,1-2,9-10,13H2,(H,23,25). The van der Waals surface area contributed by atoms with E-state index in [0.29, 0.717) is 22.2 Å². The molecule has 1 saturated heterocycles. The molecule has 0 unspecified atom stereocenters. The van der Waals surface area contributed by atoms with E-state index in [9.17, 15) is 4.79 Å². The predicted octanol–water partition coefficient (Wildman–Crippen LogP) is 4.32. The first kappa shape index (κ1) is 17.8. The molecule has 0 spiro atoms. The van der Waals surface area contributed by atoms with Crippen molar-refractivity contribution in [2.24, 2.45) is 0 Å². The molecule has 0 atom stereocenters. The highest BCUT2D eigenvalue weighted by atomic mass is 35.5. The van der Waals surface area contributed by atoms with Gasteiger partial charge in [0.2, 0.25) is 5.91 Å². The zero-order valence-corrected chi connectivity index (χ0v) is 15.2. The third kappa shape index (κ3) is 4.97. The predicted molar refractivity (Wildman–Crippen MR) is 103 cm³/mol. The number of anilines is 1. The smallest absolute Gasteiger partial charge is 0.244 e. The van der Waals surface area contributed by atoms with E-state index in [1.165, 1.54) is 18.9 Å². The van der Waals surface area contributed by atoms with Crippen molar-refractivity contribution in [2.75, 3.05) is 18.0 Å². The summed E-state index contributed by atoms with van der Waals surface area (Å²) >= 11 is 12.0. The number of hydrogen-bond donors (Lipinski definition) is 1. The molecule has 1 N–H and O–H groups in total. The van der Waals surface area contributed by atoms with E-state index in [2.05, 4.69) is 15.2 Å². The number of nitrogens with one attached hydrogen (secondary N) is 1. The van der Waals surface area contributed by atoms with E-state index in [1.807, 2.05) is 12.1 Å². The lowest BCUT2D eigenvalue weighted by Crippen LogP contribution is -2.22. The molecular weight excluding hydrogens is 357 g/mol. The molecule has 1 aliphatic heterocycles. The number of carbonyl (C=O) groups excluding carboxylic acids is 1. The molecule has 4 nitrogen and oxygen atoms in total. The number of carbonyl (C=O) groups is 1. The molecule has 2 aromatic rings. The third-order valence-electron chi connectivity index (χ3n) is 4.08. The van der Waals surface area contributed by atoms with Crippen molar-refractivity contribution in [3.63, 3.8) is 0 Å². The zero-order chi connectivity index (χ0) is 17.6. The Morgan fingerprint density at radius 3 is 2.80 bits per heavy atom. The van der Waals surface area contributed by atoms with Crippen molar-refractivity contribution in [3.8, 4) is 0 Å². The summed E-state index contributed by atoms with van der Waals surface area (Å²) in [5.74, 6) is 0.793. The first-order chi connectivity index (χ1) is 12.1. The van der Waals surface area contributed by atoms with Gasteiger partial charge in [-0.15, -0.1) is 0 Å². The van der Waals surface area contributed by atoms with E-state index in [-0.39, 0.29) is 5.91 Å². The van der Waals surface area contributed by atoms with Crippen molar-refractivity contribution in [1.82, 2.24) is 10.3 Å². The number of aromatic nitrogens is 1. The maximum absolute atomic E-state index is 12.0. The molecule has 0 saturated carbocycles. The van der Waals surface area contributed by atoms with Gasteiger partial charge in [-0.1, -0.05) is 23.2 Å². The first-order valence-electron chi connectivity index (χ1n) is 8.23. The Balaban J connectivity index is 1.58. The van der Waals surface area contributed by atoms with Crippen LogP contribution >= 0.6 is 23.2 Å². The molecule has 1 fully saturated rings. The summed E-state index contributed by atoms with van der Waals surface area (Å²) in [4.78, 5) is 18.7. The zero-order valence-electron chi connectivity index (χ0n) is 13.7. The highest BCUT2D eigenvalue weighted by Crippen LogP contribution is 2.22. The number of amides is 1. The van der Waals surface area contributed by atoms with E-state index < -0.39 is 0 Å². The topological polar surface area (TPSA) is 45.2 Å². The fraction of sp³-hybridized carbons (Fsp3) is 0.263. The summed E-state index contributed by atoms with van der Waals surface area (Å²) in [6, 6.07) is 9.08. The molecule has 0 bridgehead atoms. The van der Waals surface area contributed by atoms with Gasteiger partial charge in [-0.05, 0) is 60.4 Å². The fourth-order valence-electron chi connectivity index (χ4n) is 2.75. The van der Waals surface area contributed by atoms with Gasteiger partial charge in [-0.3, -0.25) is 4.79 Å². The van der Waals surface area contributed by atoms with Gasteiger partial charge in [-0.25, -0.2) is 4.98 Å². The Hall–Kier alpha value is -2.04. The van der Waals surface area contributed by atoms with Crippen molar-refractivity contribution in [2.45, 2.75) is 19.4 Å². The van der Waals surface area contributed by atoms with Crippen molar-refractivity contribution >= 4 is 41.0 Å². The Morgan fingerprint density at radius 2 is 2.00 bits per heavy atom. The molecule has 1 amide bonds. The average Bonchev–Trinajstić information content (AvgIpc) is 3.16. The van der Waals surface area contributed by atoms with Crippen LogP contribution in [0.25, 0.3) is 6.08 Å². The molecule has 25 heavy (non-hydrogen) atoms. The second-order valence-electron chi connectivity index (χ2n) is 5.93. The minimum absolute atomic E-state index is 0.185. The van der Waals surface area contributed by atoms with Gasteiger partial charge in [0.25, 0.3) is 0 Å². The van der Waals surface area contributed by atoms with Crippen LogP contribution in [0.4, 0.5) is 5.82 Å². The quantitative estimate of drug-likeness (QED) is 0.791. The third-order valence-corrected chi connectivity index (χ3v) is 4.66. The van der Waals surface area contributed by atoms with Gasteiger partial charge in [0, 0.05) is 42.0 Å². The summed E-state index contributed by atoms with van der Waals surface area (Å²) < 4.78 is 0. The van der Waals surface area contributed by atoms with Crippen LogP contribution in [0.3, 0.4) is 0 Å². The van der Waals surface area contributed by atoms with Crippen LogP contribution in [-0.4, -0.2) is 24.0 Å². The number of pyridine rings is 1. The second-order valence-corrected chi connectivity index (χ2v) is 6.78. The fourth-order valence-corrected chi connectivity index (χ4v) is 3.11. The number of halogens is 2. The summed E-state index contributed by atoms with van der Waals surface area (Å²) in [5, 5.41) is 4.01. The first-order valence-corrected chi connectivity index (χ1v) is 8.98. The van der Waals surface area contributed by atoms with Crippen LogP contribution in [0, 0.1) is 0 Å². The Morgan fingerprint density at radius 1 is 1.20 bits per heavy atom. The molecule has 0 radical (unpaired) electrons. The average molecular weight is 376 g/mol. The number of benzene rings is 1. The van der Waals surface area contributed by atoms with Gasteiger partial charge in [0.1, 0.15) is 5.82 Å². The van der Waals surface area contributed by atoms with Crippen molar-refractivity contribution in [3.05, 3.63) is 63.8 Å². The van der Waals surface area contributed by atoms with E-state index in [4.69, 9.17) is 23.2 Å². The Labute approximate surface area is 157 Å². The van der Waals surface area contributed by atoms with E-state index in [1.54, 1.807) is 30.5 Å². The summed E-state index contributed by atoms with van der Waals surface area (Å²) in [6.45, 7) is 2.55. The lowest BCUT2D eigenvalue weighted by molar-refractivity contribution is -0.116. The molecule has 1 aliphatic rings. The molecule has 1 aromatic heterocycles. The van der Waals surface area contributed by atoms with Gasteiger partial charge < -0.3 is 10.2 Å². The Kier molecular flexibility index (Phi) is 5.95. The monoisotopic (exact) mass is 375 g/mol. The van der Waals surface area contributed by atoms with Crippen LogP contribution in [0.15, 0.2) is 42.6 Å². The van der Waals surface area contributed by atoms with E-state index >= 15 is 0 Å². The van der Waals surface area contributed by atoms with Crippen molar-refractivity contribution in [1.29, 1.82) is 0 Å². The van der Waals surface area contributed by atoms with Crippen LogP contribution in [0.1, 0.15) is 24.0 Å². The van der Waals surface area contributed by atoms with Gasteiger partial charge in [0.05, 0.1) is 0 Å². The largest absolute Gasteiger partial charge is 0.357 e. The molecule has 3 rings (SSSR count).